The molecule has 1 saturated heterocycles. The van der Waals surface area contributed by atoms with Gasteiger partial charge in [-0.1, -0.05) is 6.07 Å². The highest BCUT2D eigenvalue weighted by Gasteiger charge is 2.23. The second kappa shape index (κ2) is 8.23. The Morgan fingerprint density at radius 2 is 1.90 bits per heavy atom. The van der Waals surface area contributed by atoms with Crippen molar-refractivity contribution in [2.75, 3.05) is 18.4 Å². The van der Waals surface area contributed by atoms with E-state index in [-0.39, 0.29) is 11.7 Å². The average Bonchev–Trinajstić information content (AvgIpc) is 2.80. The van der Waals surface area contributed by atoms with Crippen LogP contribution in [0.4, 0.5) is 15.9 Å². The quantitative estimate of drug-likeness (QED) is 0.676. The van der Waals surface area contributed by atoms with E-state index in [1.165, 1.54) is 18.6 Å². The molecule has 1 fully saturated rings. The normalized spacial score (nSPS) is 16.0. The van der Waals surface area contributed by atoms with Gasteiger partial charge in [-0.2, -0.15) is 0 Å². The maximum absolute atomic E-state index is 14.9. The van der Waals surface area contributed by atoms with Gasteiger partial charge < -0.3 is 10.6 Å². The van der Waals surface area contributed by atoms with Crippen LogP contribution in [-0.4, -0.2) is 33.9 Å². The third-order valence-electron chi connectivity index (χ3n) is 5.61. The molecule has 31 heavy (non-hydrogen) atoms. The Labute approximate surface area is 178 Å². The van der Waals surface area contributed by atoms with Crippen molar-refractivity contribution < 1.29 is 9.18 Å². The predicted octanol–water partition coefficient (Wildman–Crippen LogP) is 3.62. The van der Waals surface area contributed by atoms with Crippen LogP contribution < -0.4 is 16.0 Å². The lowest BCUT2D eigenvalue weighted by atomic mass is 9.90. The molecule has 7 nitrogen and oxygen atoms in total. The lowest BCUT2D eigenvalue weighted by Gasteiger charge is -2.23. The predicted molar refractivity (Wildman–Crippen MR) is 115 cm³/mol. The first-order valence-corrected chi connectivity index (χ1v) is 10.2. The summed E-state index contributed by atoms with van der Waals surface area (Å²) in [5.41, 5.74) is 3.60. The van der Waals surface area contributed by atoms with E-state index in [2.05, 4.69) is 30.9 Å². The summed E-state index contributed by atoms with van der Waals surface area (Å²) in [7, 11) is 0. The molecule has 1 aromatic carbocycles. The van der Waals surface area contributed by atoms with Gasteiger partial charge in [0.15, 0.2) is 0 Å². The zero-order chi connectivity index (χ0) is 21.2. The largest absolute Gasteiger partial charge is 0.339 e. The van der Waals surface area contributed by atoms with Crippen LogP contribution in [0.1, 0.15) is 40.2 Å². The highest BCUT2D eigenvalue weighted by Crippen LogP contribution is 2.32. The van der Waals surface area contributed by atoms with Crippen LogP contribution in [0.2, 0.25) is 0 Å². The van der Waals surface area contributed by atoms with E-state index >= 15 is 0 Å². The fourth-order valence-electron chi connectivity index (χ4n) is 4.05. The van der Waals surface area contributed by atoms with Gasteiger partial charge in [-0.25, -0.2) is 24.7 Å². The molecule has 5 rings (SSSR count). The Morgan fingerprint density at radius 3 is 2.68 bits per heavy atom. The summed E-state index contributed by atoms with van der Waals surface area (Å²) >= 11 is 0. The van der Waals surface area contributed by atoms with Crippen molar-refractivity contribution in [1.82, 2.24) is 25.6 Å². The summed E-state index contributed by atoms with van der Waals surface area (Å²) in [6.07, 6.45) is 9.79. The molecular weight excluding hydrogens is 395 g/mol. The van der Waals surface area contributed by atoms with Crippen LogP contribution in [0.25, 0.3) is 17.3 Å². The van der Waals surface area contributed by atoms with E-state index in [4.69, 9.17) is 0 Å². The van der Waals surface area contributed by atoms with Crippen LogP contribution >= 0.6 is 0 Å². The van der Waals surface area contributed by atoms with Crippen LogP contribution in [0.3, 0.4) is 0 Å². The summed E-state index contributed by atoms with van der Waals surface area (Å²) in [6, 6.07) is 6.90. The molecule has 0 spiro atoms. The number of hydrogen-bond acceptors (Lipinski definition) is 6. The molecule has 1 amide bonds. The molecule has 2 aliphatic heterocycles. The number of pyridine rings is 1. The number of aromatic nitrogens is 3. The van der Waals surface area contributed by atoms with Gasteiger partial charge in [-0.15, -0.1) is 0 Å². The van der Waals surface area contributed by atoms with E-state index in [1.807, 2.05) is 12.1 Å². The molecule has 2 N–H and O–H groups in total. The number of benzene rings is 1. The molecule has 2 aromatic heterocycles. The van der Waals surface area contributed by atoms with Crippen LogP contribution in [0, 0.1) is 5.82 Å². The molecule has 2 aliphatic rings. The number of anilines is 2. The minimum atomic E-state index is -0.393. The summed E-state index contributed by atoms with van der Waals surface area (Å²) in [4.78, 5) is 25.2. The van der Waals surface area contributed by atoms with Crippen molar-refractivity contribution in [3.63, 3.8) is 0 Å². The standard InChI is InChI=1S/C23H20FN6O/c24-19-10-17(1-2-18(19)14-3-6-25-7-4-14)29-22-21-15(5-8-28-23(21)31)9-20(30-22)16-11-26-13-27-12-16/h1-2,5,8-14,25H,3-4,6-7H2,(H,29,30). The zero-order valence-corrected chi connectivity index (χ0v) is 16.7. The fraction of sp³-hybridized carbons (Fsp3) is 0.217. The molecule has 0 bridgehead atoms. The van der Waals surface area contributed by atoms with Crippen molar-refractivity contribution in [1.29, 1.82) is 0 Å². The number of rotatable bonds is 4. The highest BCUT2D eigenvalue weighted by molar-refractivity contribution is 6.05. The summed E-state index contributed by atoms with van der Waals surface area (Å²) in [5.74, 6) is -0.110. The summed E-state index contributed by atoms with van der Waals surface area (Å²) in [6.45, 7) is 1.80. The minimum Gasteiger partial charge on any atom is -0.339 e. The number of hydrogen-bond donors (Lipinski definition) is 2. The van der Waals surface area contributed by atoms with Crippen LogP contribution in [-0.2, 0) is 0 Å². The van der Waals surface area contributed by atoms with E-state index in [0.29, 0.717) is 33.9 Å². The number of piperidine rings is 1. The van der Waals surface area contributed by atoms with Crippen molar-refractivity contribution in [2.24, 2.45) is 0 Å². The van der Waals surface area contributed by atoms with Crippen LogP contribution in [0.15, 0.2) is 49.2 Å². The Balaban J connectivity index is 1.52. The molecule has 3 aromatic rings. The maximum atomic E-state index is 14.9. The van der Waals surface area contributed by atoms with E-state index in [0.717, 1.165) is 31.5 Å². The highest BCUT2D eigenvalue weighted by atomic mass is 19.1. The van der Waals surface area contributed by atoms with Gasteiger partial charge in [-0.3, -0.25) is 4.79 Å². The van der Waals surface area contributed by atoms with Crippen molar-refractivity contribution in [3.05, 3.63) is 71.7 Å². The van der Waals surface area contributed by atoms with Gasteiger partial charge >= 0.3 is 0 Å². The maximum Gasteiger partial charge on any atom is 0.281 e. The first kappa shape index (κ1) is 19.3. The molecule has 4 heterocycles. The van der Waals surface area contributed by atoms with Gasteiger partial charge in [0.25, 0.3) is 5.91 Å². The molecule has 0 unspecified atom stereocenters. The topological polar surface area (TPSA) is 93.9 Å². The number of fused-ring (bicyclic) bond motifs is 1. The summed E-state index contributed by atoms with van der Waals surface area (Å²) in [5, 5.41) is 10.3. The van der Waals surface area contributed by atoms with Gasteiger partial charge in [0, 0.05) is 29.8 Å². The monoisotopic (exact) mass is 415 g/mol. The number of amides is 1. The number of carbonyl (C=O) groups excluding carboxylic acids is 1. The first-order chi connectivity index (χ1) is 15.2. The lowest BCUT2D eigenvalue weighted by Crippen LogP contribution is -2.27. The Morgan fingerprint density at radius 1 is 1.10 bits per heavy atom. The average molecular weight is 415 g/mol. The Kier molecular flexibility index (Phi) is 5.13. The molecule has 155 valence electrons. The minimum absolute atomic E-state index is 0.216. The molecule has 0 aliphatic carbocycles. The fourth-order valence-corrected chi connectivity index (χ4v) is 4.05. The number of nitrogens with one attached hydrogen (secondary N) is 2. The molecule has 1 radical (unpaired) electrons. The molecule has 0 atom stereocenters. The second-order valence-electron chi connectivity index (χ2n) is 7.58. The Bertz CT molecular complexity index is 1160. The SMILES string of the molecule is O=C1[N]C=Cc2cc(-c3cncnc3)nc(Nc3ccc(C4CCNCC4)c(F)c3)c21. The lowest BCUT2D eigenvalue weighted by molar-refractivity contribution is 0.0965. The van der Waals surface area contributed by atoms with Crippen molar-refractivity contribution >= 4 is 23.5 Å². The number of halogens is 1. The Hall–Kier alpha value is -3.65. The van der Waals surface area contributed by atoms with Crippen molar-refractivity contribution in [2.45, 2.75) is 18.8 Å². The van der Waals surface area contributed by atoms with Gasteiger partial charge in [0.2, 0.25) is 0 Å². The zero-order valence-electron chi connectivity index (χ0n) is 16.7. The van der Waals surface area contributed by atoms with E-state index < -0.39 is 5.91 Å². The third-order valence-corrected chi connectivity index (χ3v) is 5.61. The molecule has 8 heteroatoms. The smallest absolute Gasteiger partial charge is 0.281 e. The van der Waals surface area contributed by atoms with Gasteiger partial charge in [0.1, 0.15) is 18.0 Å². The van der Waals surface area contributed by atoms with Crippen molar-refractivity contribution in [3.8, 4) is 11.3 Å². The van der Waals surface area contributed by atoms with E-state index in [9.17, 15) is 9.18 Å². The summed E-state index contributed by atoms with van der Waals surface area (Å²) < 4.78 is 14.9. The van der Waals surface area contributed by atoms with Gasteiger partial charge in [0.05, 0.1) is 11.3 Å². The first-order valence-electron chi connectivity index (χ1n) is 10.2. The molecular formula is C23H20FN6O. The second-order valence-corrected chi connectivity index (χ2v) is 7.58. The van der Waals surface area contributed by atoms with Crippen LogP contribution in [0.5, 0.6) is 0 Å². The number of nitrogens with zero attached hydrogens (tertiary/aromatic N) is 4. The third kappa shape index (κ3) is 3.89. The van der Waals surface area contributed by atoms with E-state index in [1.54, 1.807) is 24.5 Å². The van der Waals surface area contributed by atoms with Gasteiger partial charge in [-0.05, 0) is 67.3 Å². The number of carbonyl (C=O) groups is 1. The molecule has 0 saturated carbocycles.